The summed E-state index contributed by atoms with van der Waals surface area (Å²) in [6.07, 6.45) is 5.22. The molecular formula is C18H14O3. The van der Waals surface area contributed by atoms with Crippen molar-refractivity contribution in [1.82, 2.24) is 0 Å². The van der Waals surface area contributed by atoms with E-state index < -0.39 is 5.97 Å². The lowest BCUT2D eigenvalue weighted by Gasteiger charge is -2.02. The fourth-order valence-corrected chi connectivity index (χ4v) is 2.60. The third kappa shape index (κ3) is 2.63. The van der Waals surface area contributed by atoms with Crippen LogP contribution in [0.25, 0.3) is 12.2 Å². The molecule has 104 valence electrons. The minimum atomic E-state index is -0.933. The number of hydrogen-bond acceptors (Lipinski definition) is 2. The molecule has 0 atom stereocenters. The highest BCUT2D eigenvalue weighted by atomic mass is 16.4. The van der Waals surface area contributed by atoms with Crippen molar-refractivity contribution in [2.75, 3.05) is 0 Å². The summed E-state index contributed by atoms with van der Waals surface area (Å²) in [5.74, 6) is -0.733. The van der Waals surface area contributed by atoms with E-state index in [0.29, 0.717) is 6.42 Å². The van der Waals surface area contributed by atoms with Crippen molar-refractivity contribution in [2.24, 2.45) is 0 Å². The highest BCUT2D eigenvalue weighted by Crippen LogP contribution is 2.26. The first-order valence-corrected chi connectivity index (χ1v) is 6.82. The van der Waals surface area contributed by atoms with Crippen LogP contribution in [0.15, 0.2) is 42.5 Å². The fraction of sp³-hybridized carbons (Fsp3) is 0.111. The number of carbonyl (C=O) groups is 2. The van der Waals surface area contributed by atoms with Crippen LogP contribution in [0, 0.1) is 0 Å². The Kier molecular flexibility index (Phi) is 3.40. The Labute approximate surface area is 122 Å². The summed E-state index contributed by atoms with van der Waals surface area (Å²) in [5.41, 5.74) is 4.04. The Balaban J connectivity index is 1.89. The smallest absolute Gasteiger partial charge is 0.335 e. The van der Waals surface area contributed by atoms with Crippen molar-refractivity contribution >= 4 is 23.9 Å². The first-order valence-electron chi connectivity index (χ1n) is 6.82. The average Bonchev–Trinajstić information content (AvgIpc) is 2.88. The van der Waals surface area contributed by atoms with Gasteiger partial charge in [0.05, 0.1) is 5.56 Å². The molecular weight excluding hydrogens is 264 g/mol. The maximum Gasteiger partial charge on any atom is 0.335 e. The zero-order chi connectivity index (χ0) is 14.8. The van der Waals surface area contributed by atoms with Gasteiger partial charge in [-0.3, -0.25) is 4.79 Å². The van der Waals surface area contributed by atoms with E-state index >= 15 is 0 Å². The zero-order valence-electron chi connectivity index (χ0n) is 11.4. The van der Waals surface area contributed by atoms with Crippen molar-refractivity contribution in [3.05, 3.63) is 70.3 Å². The van der Waals surface area contributed by atoms with Crippen LogP contribution in [0.2, 0.25) is 0 Å². The molecule has 0 bridgehead atoms. The first kappa shape index (κ1) is 13.3. The molecule has 0 spiro atoms. The molecule has 0 amide bonds. The van der Waals surface area contributed by atoms with Crippen molar-refractivity contribution in [1.29, 1.82) is 0 Å². The summed E-state index contributed by atoms with van der Waals surface area (Å²) in [6, 6.07) is 12.6. The summed E-state index contributed by atoms with van der Waals surface area (Å²) in [7, 11) is 0. The molecule has 2 aromatic carbocycles. The van der Waals surface area contributed by atoms with Gasteiger partial charge in [0.15, 0.2) is 5.78 Å². The zero-order valence-corrected chi connectivity index (χ0v) is 11.4. The topological polar surface area (TPSA) is 54.4 Å². The maximum absolute atomic E-state index is 11.9. The normalized spacial score (nSPS) is 13.6. The molecule has 0 heterocycles. The molecule has 0 saturated heterocycles. The van der Waals surface area contributed by atoms with Gasteiger partial charge in [-0.05, 0) is 35.2 Å². The number of carbonyl (C=O) groups excluding carboxylic acids is 1. The van der Waals surface area contributed by atoms with Crippen LogP contribution in [0.4, 0.5) is 0 Å². The van der Waals surface area contributed by atoms with Gasteiger partial charge in [-0.1, -0.05) is 42.5 Å². The monoisotopic (exact) mass is 278 g/mol. The second-order valence-electron chi connectivity index (χ2n) is 5.07. The molecule has 1 N–H and O–H groups in total. The van der Waals surface area contributed by atoms with Crippen LogP contribution < -0.4 is 0 Å². The minimum Gasteiger partial charge on any atom is -0.478 e. The van der Waals surface area contributed by atoms with Gasteiger partial charge in [0, 0.05) is 12.0 Å². The van der Waals surface area contributed by atoms with Crippen LogP contribution in [0.1, 0.15) is 43.8 Å². The molecule has 1 aliphatic rings. The lowest BCUT2D eigenvalue weighted by Crippen LogP contribution is -1.95. The van der Waals surface area contributed by atoms with E-state index in [9.17, 15) is 9.59 Å². The molecule has 0 saturated carbocycles. The minimum absolute atomic E-state index is 0.200. The van der Waals surface area contributed by atoms with Gasteiger partial charge in [0.1, 0.15) is 0 Å². The molecule has 0 fully saturated rings. The van der Waals surface area contributed by atoms with E-state index in [1.807, 2.05) is 30.4 Å². The number of rotatable bonds is 3. The van der Waals surface area contributed by atoms with Crippen molar-refractivity contribution in [3.63, 3.8) is 0 Å². The molecule has 3 rings (SSSR count). The molecule has 0 radical (unpaired) electrons. The molecule has 0 aliphatic heterocycles. The van der Waals surface area contributed by atoms with Gasteiger partial charge in [-0.15, -0.1) is 0 Å². The van der Waals surface area contributed by atoms with E-state index in [0.717, 1.165) is 28.7 Å². The number of aryl methyl sites for hydroxylation is 1. The van der Waals surface area contributed by atoms with E-state index in [1.54, 1.807) is 24.3 Å². The number of benzene rings is 2. The Bertz CT molecular complexity index is 740. The van der Waals surface area contributed by atoms with E-state index in [2.05, 4.69) is 0 Å². The Morgan fingerprint density at radius 2 is 1.76 bits per heavy atom. The van der Waals surface area contributed by atoms with Gasteiger partial charge < -0.3 is 5.11 Å². The molecule has 3 nitrogen and oxygen atoms in total. The molecule has 2 aromatic rings. The number of carboxylic acid groups (broad SMARTS) is 1. The third-order valence-electron chi connectivity index (χ3n) is 3.70. The number of ketones is 1. The molecule has 21 heavy (non-hydrogen) atoms. The second-order valence-corrected chi connectivity index (χ2v) is 5.07. The number of aromatic carboxylic acids is 1. The largest absolute Gasteiger partial charge is 0.478 e. The van der Waals surface area contributed by atoms with Gasteiger partial charge in [0.2, 0.25) is 0 Å². The number of carboxylic acids is 1. The van der Waals surface area contributed by atoms with Crippen LogP contribution in [-0.4, -0.2) is 16.9 Å². The lowest BCUT2D eigenvalue weighted by atomic mass is 10.0. The highest BCUT2D eigenvalue weighted by Gasteiger charge is 2.21. The standard InChI is InChI=1S/C18H14O3/c19-16-11-10-14-3-1-2-13(17(14)16)7-4-12-5-8-15(9-6-12)18(20)21/h1-9H,10-11H2,(H,20,21)/b7-4+. The highest BCUT2D eigenvalue weighted by molar-refractivity contribution is 6.04. The van der Waals surface area contributed by atoms with E-state index in [1.165, 1.54) is 0 Å². The van der Waals surface area contributed by atoms with Crippen LogP contribution in [-0.2, 0) is 6.42 Å². The lowest BCUT2D eigenvalue weighted by molar-refractivity contribution is 0.0696. The summed E-state index contributed by atoms with van der Waals surface area (Å²) >= 11 is 0. The average molecular weight is 278 g/mol. The first-order chi connectivity index (χ1) is 10.1. The summed E-state index contributed by atoms with van der Waals surface area (Å²) in [5, 5.41) is 8.86. The Hall–Kier alpha value is -2.68. The van der Waals surface area contributed by atoms with Crippen molar-refractivity contribution in [2.45, 2.75) is 12.8 Å². The van der Waals surface area contributed by atoms with E-state index in [4.69, 9.17) is 5.11 Å². The SMILES string of the molecule is O=C(O)c1ccc(/C=C/c2cccc3c2C(=O)CC3)cc1. The predicted molar refractivity (Wildman–Crippen MR) is 81.4 cm³/mol. The second kappa shape index (κ2) is 5.37. The Morgan fingerprint density at radius 3 is 2.48 bits per heavy atom. The molecule has 0 aromatic heterocycles. The van der Waals surface area contributed by atoms with E-state index in [-0.39, 0.29) is 11.3 Å². The number of Topliss-reactive ketones (excluding diaryl/α,β-unsaturated/α-hetero) is 1. The van der Waals surface area contributed by atoms with Crippen LogP contribution >= 0.6 is 0 Å². The number of fused-ring (bicyclic) bond motifs is 1. The molecule has 1 aliphatic carbocycles. The van der Waals surface area contributed by atoms with Gasteiger partial charge >= 0.3 is 5.97 Å². The molecule has 3 heteroatoms. The van der Waals surface area contributed by atoms with Crippen LogP contribution in [0.3, 0.4) is 0 Å². The summed E-state index contributed by atoms with van der Waals surface area (Å²) < 4.78 is 0. The number of hydrogen-bond donors (Lipinski definition) is 1. The van der Waals surface area contributed by atoms with Gasteiger partial charge in [-0.25, -0.2) is 4.79 Å². The maximum atomic E-state index is 11.9. The van der Waals surface area contributed by atoms with Crippen LogP contribution in [0.5, 0.6) is 0 Å². The predicted octanol–water partition coefficient (Wildman–Crippen LogP) is 3.68. The Morgan fingerprint density at radius 1 is 1.00 bits per heavy atom. The van der Waals surface area contributed by atoms with Gasteiger partial charge in [0.25, 0.3) is 0 Å². The third-order valence-corrected chi connectivity index (χ3v) is 3.70. The van der Waals surface area contributed by atoms with Crippen molar-refractivity contribution < 1.29 is 14.7 Å². The van der Waals surface area contributed by atoms with Crippen molar-refractivity contribution in [3.8, 4) is 0 Å². The summed E-state index contributed by atoms with van der Waals surface area (Å²) in [4.78, 5) is 22.7. The quantitative estimate of drug-likeness (QED) is 0.871. The fourth-order valence-electron chi connectivity index (χ4n) is 2.60. The molecule has 0 unspecified atom stereocenters. The van der Waals surface area contributed by atoms with Gasteiger partial charge in [-0.2, -0.15) is 0 Å². The summed E-state index contributed by atoms with van der Waals surface area (Å²) in [6.45, 7) is 0.